The monoisotopic (exact) mass is 265 g/mol. The molecule has 1 amide bonds. The summed E-state index contributed by atoms with van der Waals surface area (Å²) in [6.07, 6.45) is 1.03. The van der Waals surface area contributed by atoms with Crippen LogP contribution >= 0.6 is 0 Å². The summed E-state index contributed by atoms with van der Waals surface area (Å²) in [6, 6.07) is 4.53. The topological polar surface area (TPSA) is 72.3 Å². The first kappa shape index (κ1) is 14.0. The summed E-state index contributed by atoms with van der Waals surface area (Å²) < 4.78 is 13.9. The Kier molecular flexibility index (Phi) is 4.17. The van der Waals surface area contributed by atoms with Crippen LogP contribution in [0, 0.1) is 11.7 Å². The Morgan fingerprint density at radius 1 is 1.53 bits per heavy atom. The molecule has 0 aliphatic carbocycles. The summed E-state index contributed by atoms with van der Waals surface area (Å²) in [5.41, 5.74) is 11.9. The lowest BCUT2D eigenvalue weighted by molar-refractivity contribution is 0.0999. The molecule has 0 radical (unpaired) electrons. The summed E-state index contributed by atoms with van der Waals surface area (Å²) in [5.74, 6) is -0.485. The van der Waals surface area contributed by atoms with Crippen molar-refractivity contribution in [3.8, 4) is 0 Å². The zero-order valence-corrected chi connectivity index (χ0v) is 11.1. The molecule has 1 aromatic rings. The van der Waals surface area contributed by atoms with Gasteiger partial charge in [0.05, 0.1) is 0 Å². The molecule has 0 bridgehead atoms. The molecule has 2 unspecified atom stereocenters. The molecule has 1 heterocycles. The van der Waals surface area contributed by atoms with Gasteiger partial charge in [0.2, 0.25) is 5.91 Å². The first-order valence-electron chi connectivity index (χ1n) is 6.53. The normalized spacial score (nSPS) is 24.4. The maximum Gasteiger partial charge on any atom is 0.248 e. The van der Waals surface area contributed by atoms with Crippen LogP contribution < -0.4 is 11.5 Å². The number of piperidine rings is 1. The Morgan fingerprint density at radius 3 is 2.84 bits per heavy atom. The van der Waals surface area contributed by atoms with E-state index >= 15 is 0 Å². The van der Waals surface area contributed by atoms with Gasteiger partial charge in [0.1, 0.15) is 5.82 Å². The number of hydrogen-bond donors (Lipinski definition) is 2. The highest BCUT2D eigenvalue weighted by atomic mass is 19.1. The number of carbonyl (C=O) groups is 1. The predicted octanol–water partition coefficient (Wildman–Crippen LogP) is 1.09. The molecule has 104 valence electrons. The van der Waals surface area contributed by atoms with Gasteiger partial charge in [-0.15, -0.1) is 0 Å². The van der Waals surface area contributed by atoms with Gasteiger partial charge in [0.25, 0.3) is 0 Å². The standard InChI is InChI=1S/C14H20FN3O/c1-9-4-5-18(8-13(9)16)7-11-3-2-10(14(17)19)6-12(11)15/h2-3,6,9,13H,4-5,7-8,16H2,1H3,(H2,17,19). The molecule has 0 spiro atoms. The van der Waals surface area contributed by atoms with Crippen LogP contribution in [-0.2, 0) is 6.54 Å². The smallest absolute Gasteiger partial charge is 0.248 e. The van der Waals surface area contributed by atoms with Gasteiger partial charge in [-0.05, 0) is 31.0 Å². The van der Waals surface area contributed by atoms with Gasteiger partial charge < -0.3 is 11.5 Å². The fraction of sp³-hybridized carbons (Fsp3) is 0.500. The molecular formula is C14H20FN3O. The minimum absolute atomic E-state index is 0.140. The van der Waals surface area contributed by atoms with Crippen LogP contribution in [0.15, 0.2) is 18.2 Å². The third-order valence-electron chi connectivity index (χ3n) is 3.83. The third-order valence-corrected chi connectivity index (χ3v) is 3.83. The first-order chi connectivity index (χ1) is 8.97. The number of rotatable bonds is 3. The molecule has 1 fully saturated rings. The van der Waals surface area contributed by atoms with E-state index in [1.54, 1.807) is 12.1 Å². The van der Waals surface area contributed by atoms with Crippen molar-refractivity contribution in [3.63, 3.8) is 0 Å². The largest absolute Gasteiger partial charge is 0.366 e. The van der Waals surface area contributed by atoms with Gasteiger partial charge in [-0.3, -0.25) is 9.69 Å². The number of nitrogens with zero attached hydrogens (tertiary/aromatic N) is 1. The maximum absolute atomic E-state index is 13.9. The SMILES string of the molecule is CC1CCN(Cc2ccc(C(N)=O)cc2F)CC1N. The van der Waals surface area contributed by atoms with E-state index in [9.17, 15) is 9.18 Å². The van der Waals surface area contributed by atoms with E-state index in [1.807, 2.05) is 0 Å². The molecule has 4 N–H and O–H groups in total. The average molecular weight is 265 g/mol. The lowest BCUT2D eigenvalue weighted by atomic mass is 9.94. The quantitative estimate of drug-likeness (QED) is 0.859. The lowest BCUT2D eigenvalue weighted by Gasteiger charge is -2.35. The Hall–Kier alpha value is -1.46. The van der Waals surface area contributed by atoms with Crippen LogP contribution in [-0.4, -0.2) is 29.9 Å². The predicted molar refractivity (Wildman–Crippen MR) is 72.0 cm³/mol. The van der Waals surface area contributed by atoms with E-state index in [4.69, 9.17) is 11.5 Å². The van der Waals surface area contributed by atoms with Crippen molar-refractivity contribution < 1.29 is 9.18 Å². The van der Waals surface area contributed by atoms with Crippen molar-refractivity contribution >= 4 is 5.91 Å². The minimum atomic E-state index is -0.612. The second-order valence-corrected chi connectivity index (χ2v) is 5.34. The molecule has 1 aliphatic rings. The number of amides is 1. The number of benzene rings is 1. The summed E-state index contributed by atoms with van der Waals surface area (Å²) in [4.78, 5) is 13.1. The number of primary amides is 1. The number of nitrogens with two attached hydrogens (primary N) is 2. The molecule has 4 nitrogen and oxygen atoms in total. The van der Waals surface area contributed by atoms with Gasteiger partial charge in [-0.2, -0.15) is 0 Å². The van der Waals surface area contributed by atoms with E-state index in [0.717, 1.165) is 19.5 Å². The van der Waals surface area contributed by atoms with E-state index in [2.05, 4.69) is 11.8 Å². The van der Waals surface area contributed by atoms with Crippen molar-refractivity contribution in [2.75, 3.05) is 13.1 Å². The fourth-order valence-electron chi connectivity index (χ4n) is 2.38. The molecule has 2 rings (SSSR count). The van der Waals surface area contributed by atoms with Crippen molar-refractivity contribution in [1.29, 1.82) is 0 Å². The van der Waals surface area contributed by atoms with Crippen LogP contribution in [0.4, 0.5) is 4.39 Å². The van der Waals surface area contributed by atoms with E-state index in [-0.39, 0.29) is 17.4 Å². The molecule has 1 saturated heterocycles. The van der Waals surface area contributed by atoms with Crippen molar-refractivity contribution in [1.82, 2.24) is 4.90 Å². The summed E-state index contributed by atoms with van der Waals surface area (Å²) in [5, 5.41) is 0. The van der Waals surface area contributed by atoms with E-state index in [1.165, 1.54) is 6.07 Å². The zero-order valence-electron chi connectivity index (χ0n) is 11.1. The Bertz CT molecular complexity index is 478. The molecule has 19 heavy (non-hydrogen) atoms. The Morgan fingerprint density at radius 2 is 2.26 bits per heavy atom. The molecule has 2 atom stereocenters. The summed E-state index contributed by atoms with van der Waals surface area (Å²) in [6.45, 7) is 4.36. The average Bonchev–Trinajstić information content (AvgIpc) is 2.36. The van der Waals surface area contributed by atoms with Crippen LogP contribution in [0.5, 0.6) is 0 Å². The van der Waals surface area contributed by atoms with Crippen molar-refractivity contribution in [2.24, 2.45) is 17.4 Å². The van der Waals surface area contributed by atoms with Gasteiger partial charge in [-0.25, -0.2) is 4.39 Å². The third kappa shape index (κ3) is 3.30. The van der Waals surface area contributed by atoms with Crippen LogP contribution in [0.1, 0.15) is 29.3 Å². The summed E-state index contributed by atoms with van der Waals surface area (Å²) in [7, 11) is 0. The summed E-state index contributed by atoms with van der Waals surface area (Å²) >= 11 is 0. The molecule has 5 heteroatoms. The number of halogens is 1. The van der Waals surface area contributed by atoms with Crippen LogP contribution in [0.2, 0.25) is 0 Å². The Balaban J connectivity index is 2.05. The van der Waals surface area contributed by atoms with E-state index < -0.39 is 5.91 Å². The minimum Gasteiger partial charge on any atom is -0.366 e. The van der Waals surface area contributed by atoms with Gasteiger partial charge >= 0.3 is 0 Å². The van der Waals surface area contributed by atoms with Gasteiger partial charge in [-0.1, -0.05) is 13.0 Å². The highest BCUT2D eigenvalue weighted by Crippen LogP contribution is 2.19. The molecule has 1 aliphatic heterocycles. The second kappa shape index (κ2) is 5.67. The number of carbonyl (C=O) groups excluding carboxylic acids is 1. The molecule has 0 saturated carbocycles. The maximum atomic E-state index is 13.9. The highest BCUT2D eigenvalue weighted by molar-refractivity contribution is 5.92. The Labute approximate surface area is 112 Å². The van der Waals surface area contributed by atoms with Gasteiger partial charge in [0.15, 0.2) is 0 Å². The van der Waals surface area contributed by atoms with Crippen molar-refractivity contribution in [2.45, 2.75) is 25.9 Å². The lowest BCUT2D eigenvalue weighted by Crippen LogP contribution is -2.47. The molecule has 1 aromatic carbocycles. The second-order valence-electron chi connectivity index (χ2n) is 5.34. The molecule has 0 aromatic heterocycles. The fourth-order valence-corrected chi connectivity index (χ4v) is 2.38. The number of likely N-dealkylation sites (tertiary alicyclic amines) is 1. The van der Waals surface area contributed by atoms with E-state index in [0.29, 0.717) is 18.0 Å². The van der Waals surface area contributed by atoms with Crippen LogP contribution in [0.25, 0.3) is 0 Å². The van der Waals surface area contributed by atoms with Gasteiger partial charge in [0, 0.05) is 30.3 Å². The highest BCUT2D eigenvalue weighted by Gasteiger charge is 2.23. The first-order valence-corrected chi connectivity index (χ1v) is 6.53. The number of hydrogen-bond acceptors (Lipinski definition) is 3. The van der Waals surface area contributed by atoms with Crippen LogP contribution in [0.3, 0.4) is 0 Å². The molecular weight excluding hydrogens is 245 g/mol. The van der Waals surface area contributed by atoms with Crippen molar-refractivity contribution in [3.05, 3.63) is 35.1 Å². The zero-order chi connectivity index (χ0) is 14.0.